The number of aromatic nitrogens is 4. The molecule has 0 aromatic carbocycles. The van der Waals surface area contributed by atoms with E-state index < -0.39 is 0 Å². The first-order valence-electron chi connectivity index (χ1n) is 6.58. The molecule has 0 spiro atoms. The number of rotatable bonds is 1. The van der Waals surface area contributed by atoms with Gasteiger partial charge in [0.05, 0.1) is 11.4 Å². The van der Waals surface area contributed by atoms with Crippen LogP contribution in [0.15, 0.2) is 24.5 Å². The van der Waals surface area contributed by atoms with E-state index in [-0.39, 0.29) is 10.8 Å². The molecular formula is C15H22N4. The molecule has 102 valence electrons. The van der Waals surface area contributed by atoms with Crippen molar-refractivity contribution in [1.29, 1.82) is 0 Å². The van der Waals surface area contributed by atoms with Crippen molar-refractivity contribution in [2.75, 3.05) is 0 Å². The Labute approximate surface area is 114 Å². The fraction of sp³-hybridized carbons (Fsp3) is 0.533. The molecule has 0 unspecified atom stereocenters. The first-order chi connectivity index (χ1) is 8.69. The summed E-state index contributed by atoms with van der Waals surface area (Å²) in [4.78, 5) is 8.62. The number of hydrogen-bond donors (Lipinski definition) is 0. The molecule has 0 bridgehead atoms. The van der Waals surface area contributed by atoms with Crippen molar-refractivity contribution in [2.45, 2.75) is 52.4 Å². The summed E-state index contributed by atoms with van der Waals surface area (Å²) in [5.41, 5.74) is 2.20. The van der Waals surface area contributed by atoms with E-state index in [4.69, 9.17) is 5.10 Å². The van der Waals surface area contributed by atoms with Gasteiger partial charge in [0.15, 0.2) is 0 Å². The van der Waals surface area contributed by atoms with Crippen LogP contribution in [0, 0.1) is 0 Å². The number of hydrogen-bond acceptors (Lipinski definition) is 3. The molecule has 0 N–H and O–H groups in total. The lowest BCUT2D eigenvalue weighted by atomic mass is 9.88. The van der Waals surface area contributed by atoms with E-state index in [0.29, 0.717) is 5.95 Å². The second kappa shape index (κ2) is 4.44. The molecule has 0 atom stereocenters. The van der Waals surface area contributed by atoms with Crippen LogP contribution in [0.2, 0.25) is 0 Å². The van der Waals surface area contributed by atoms with Crippen molar-refractivity contribution < 1.29 is 0 Å². The van der Waals surface area contributed by atoms with Gasteiger partial charge >= 0.3 is 0 Å². The van der Waals surface area contributed by atoms with Crippen molar-refractivity contribution in [3.63, 3.8) is 0 Å². The fourth-order valence-corrected chi connectivity index (χ4v) is 1.83. The summed E-state index contributed by atoms with van der Waals surface area (Å²) < 4.78 is 1.86. The number of nitrogens with zero attached hydrogens (tertiary/aromatic N) is 4. The van der Waals surface area contributed by atoms with Crippen LogP contribution >= 0.6 is 0 Å². The van der Waals surface area contributed by atoms with Crippen LogP contribution < -0.4 is 0 Å². The summed E-state index contributed by atoms with van der Waals surface area (Å²) in [7, 11) is 0. The first-order valence-corrected chi connectivity index (χ1v) is 6.58. The molecule has 2 rings (SSSR count). The lowest BCUT2D eigenvalue weighted by Crippen LogP contribution is -2.18. The van der Waals surface area contributed by atoms with Crippen molar-refractivity contribution >= 4 is 0 Å². The van der Waals surface area contributed by atoms with E-state index in [1.807, 2.05) is 10.7 Å². The Morgan fingerprint density at radius 3 is 1.95 bits per heavy atom. The molecule has 19 heavy (non-hydrogen) atoms. The molecule has 2 aromatic rings. The van der Waals surface area contributed by atoms with Gasteiger partial charge in [-0.2, -0.15) is 5.10 Å². The van der Waals surface area contributed by atoms with Crippen molar-refractivity contribution in [3.05, 3.63) is 35.9 Å². The quantitative estimate of drug-likeness (QED) is 0.788. The van der Waals surface area contributed by atoms with Crippen LogP contribution in [0.25, 0.3) is 5.95 Å². The maximum absolute atomic E-state index is 4.71. The van der Waals surface area contributed by atoms with Crippen molar-refractivity contribution in [3.8, 4) is 5.95 Å². The summed E-state index contributed by atoms with van der Waals surface area (Å²) in [6.07, 6.45) is 3.49. The normalized spacial score (nSPS) is 12.7. The molecule has 0 aliphatic carbocycles. The standard InChI is InChI=1S/C15H22N4/c1-14(2,3)11-10-12(15(4,5)6)19(18-11)13-16-8-7-9-17-13/h7-10H,1-6H3. The molecule has 0 amide bonds. The van der Waals surface area contributed by atoms with Gasteiger partial charge in [-0.25, -0.2) is 14.6 Å². The lowest BCUT2D eigenvalue weighted by molar-refractivity contribution is 0.530. The molecule has 0 fully saturated rings. The predicted molar refractivity (Wildman–Crippen MR) is 76.6 cm³/mol. The van der Waals surface area contributed by atoms with Gasteiger partial charge in [0.25, 0.3) is 5.95 Å². The molecule has 2 heterocycles. The summed E-state index contributed by atoms with van der Waals surface area (Å²) >= 11 is 0. The Hall–Kier alpha value is -1.71. The minimum Gasteiger partial charge on any atom is -0.220 e. The first kappa shape index (κ1) is 13.7. The van der Waals surface area contributed by atoms with E-state index in [2.05, 4.69) is 57.6 Å². The lowest BCUT2D eigenvalue weighted by Gasteiger charge is -2.19. The highest BCUT2D eigenvalue weighted by Gasteiger charge is 2.27. The summed E-state index contributed by atoms with van der Waals surface area (Å²) in [6, 6.07) is 3.98. The summed E-state index contributed by atoms with van der Waals surface area (Å²) in [6.45, 7) is 13.0. The highest BCUT2D eigenvalue weighted by molar-refractivity contribution is 5.28. The highest BCUT2D eigenvalue weighted by Crippen LogP contribution is 2.29. The Kier molecular flexibility index (Phi) is 3.20. The molecule has 4 nitrogen and oxygen atoms in total. The third-order valence-electron chi connectivity index (χ3n) is 2.99. The van der Waals surface area contributed by atoms with Gasteiger partial charge in [-0.3, -0.25) is 0 Å². The maximum atomic E-state index is 4.71. The van der Waals surface area contributed by atoms with Crippen LogP contribution in [-0.4, -0.2) is 19.7 Å². The van der Waals surface area contributed by atoms with Gasteiger partial charge in [0.1, 0.15) is 0 Å². The van der Waals surface area contributed by atoms with Gasteiger partial charge in [-0.05, 0) is 12.1 Å². The van der Waals surface area contributed by atoms with Gasteiger partial charge in [-0.15, -0.1) is 0 Å². The average molecular weight is 258 g/mol. The van der Waals surface area contributed by atoms with E-state index in [0.717, 1.165) is 11.4 Å². The van der Waals surface area contributed by atoms with E-state index in [1.165, 1.54) is 0 Å². The average Bonchev–Trinajstić information content (AvgIpc) is 2.74. The Bertz CT molecular complexity index is 556. The highest BCUT2D eigenvalue weighted by atomic mass is 15.4. The summed E-state index contributed by atoms with van der Waals surface area (Å²) in [5.74, 6) is 0.628. The van der Waals surface area contributed by atoms with E-state index in [9.17, 15) is 0 Å². The zero-order chi connectivity index (χ0) is 14.3. The Balaban J connectivity index is 2.63. The third kappa shape index (κ3) is 2.83. The van der Waals surface area contributed by atoms with Crippen LogP contribution in [0.1, 0.15) is 52.9 Å². The molecule has 2 aromatic heterocycles. The van der Waals surface area contributed by atoms with Crippen LogP contribution in [-0.2, 0) is 10.8 Å². The molecule has 0 aliphatic heterocycles. The molecule has 4 heteroatoms. The van der Waals surface area contributed by atoms with Gasteiger partial charge < -0.3 is 0 Å². The fourth-order valence-electron chi connectivity index (χ4n) is 1.83. The molecule has 0 saturated heterocycles. The molecule has 0 saturated carbocycles. The largest absolute Gasteiger partial charge is 0.250 e. The van der Waals surface area contributed by atoms with Gasteiger partial charge in [-0.1, -0.05) is 41.5 Å². The smallest absolute Gasteiger partial charge is 0.220 e. The second-order valence-corrected chi connectivity index (χ2v) is 6.88. The van der Waals surface area contributed by atoms with Gasteiger partial charge in [0, 0.05) is 23.2 Å². The van der Waals surface area contributed by atoms with Crippen LogP contribution in [0.3, 0.4) is 0 Å². The summed E-state index contributed by atoms with van der Waals surface area (Å²) in [5, 5.41) is 4.71. The predicted octanol–water partition coefficient (Wildman–Crippen LogP) is 3.26. The van der Waals surface area contributed by atoms with Crippen molar-refractivity contribution in [1.82, 2.24) is 19.7 Å². The molecular weight excluding hydrogens is 236 g/mol. The third-order valence-corrected chi connectivity index (χ3v) is 2.99. The van der Waals surface area contributed by atoms with Crippen molar-refractivity contribution in [2.24, 2.45) is 0 Å². The second-order valence-electron chi connectivity index (χ2n) is 6.88. The van der Waals surface area contributed by atoms with Crippen LogP contribution in [0.4, 0.5) is 0 Å². The minimum atomic E-state index is -0.00426. The minimum absolute atomic E-state index is 0.00426. The zero-order valence-electron chi connectivity index (χ0n) is 12.6. The van der Waals surface area contributed by atoms with E-state index in [1.54, 1.807) is 12.4 Å². The zero-order valence-corrected chi connectivity index (χ0v) is 12.6. The SMILES string of the molecule is CC(C)(C)c1cc(C(C)(C)C)n(-c2ncccn2)n1. The van der Waals surface area contributed by atoms with Gasteiger partial charge in [0.2, 0.25) is 0 Å². The maximum Gasteiger partial charge on any atom is 0.250 e. The van der Waals surface area contributed by atoms with E-state index >= 15 is 0 Å². The topological polar surface area (TPSA) is 43.6 Å². The monoisotopic (exact) mass is 258 g/mol. The Morgan fingerprint density at radius 1 is 0.895 bits per heavy atom. The Morgan fingerprint density at radius 2 is 1.47 bits per heavy atom. The molecule has 0 aliphatic rings. The van der Waals surface area contributed by atoms with Crippen LogP contribution in [0.5, 0.6) is 0 Å². The molecule has 0 radical (unpaired) electrons.